The lowest BCUT2D eigenvalue weighted by Crippen LogP contribution is -2.36. The predicted octanol–water partition coefficient (Wildman–Crippen LogP) is 7.71. The van der Waals surface area contributed by atoms with Crippen molar-refractivity contribution in [1.29, 1.82) is 0 Å². The highest BCUT2D eigenvalue weighted by Crippen LogP contribution is 2.56. The Morgan fingerprint density at radius 1 is 0.490 bits per heavy atom. The molecule has 2 fully saturated rings. The molecule has 8 heteroatoms. The van der Waals surface area contributed by atoms with Crippen LogP contribution in [0.25, 0.3) is 11.1 Å². The number of anilines is 2. The second kappa shape index (κ2) is 13.3. The lowest BCUT2D eigenvalue weighted by molar-refractivity contribution is -0.148. The van der Waals surface area contributed by atoms with E-state index in [1.54, 1.807) is 0 Å². The van der Waals surface area contributed by atoms with Gasteiger partial charge in [0.2, 0.25) is 11.8 Å². The molecular formula is C41H40N2O6. The third-order valence-electron chi connectivity index (χ3n) is 11.0. The Labute approximate surface area is 285 Å². The fourth-order valence-electron chi connectivity index (χ4n) is 8.58. The second-order valence-electron chi connectivity index (χ2n) is 13.6. The summed E-state index contributed by atoms with van der Waals surface area (Å²) in [6.07, 6.45) is 5.48. The van der Waals surface area contributed by atoms with Crippen LogP contribution < -0.4 is 10.6 Å². The number of rotatable bonds is 8. The number of fused-ring (bicyclic) bond motifs is 3. The summed E-state index contributed by atoms with van der Waals surface area (Å²) in [6.45, 7) is 0. The van der Waals surface area contributed by atoms with Gasteiger partial charge in [0, 0.05) is 11.4 Å². The molecule has 0 saturated heterocycles. The summed E-state index contributed by atoms with van der Waals surface area (Å²) in [5.74, 6) is -4.80. The van der Waals surface area contributed by atoms with Gasteiger partial charge in [0.05, 0.1) is 29.1 Å². The topological polar surface area (TPSA) is 133 Å². The van der Waals surface area contributed by atoms with Gasteiger partial charge in [-0.2, -0.15) is 0 Å². The van der Waals surface area contributed by atoms with Crippen LogP contribution in [0.1, 0.15) is 73.6 Å². The zero-order valence-electron chi connectivity index (χ0n) is 27.2. The average Bonchev–Trinajstić information content (AvgIpc) is 3.43. The van der Waals surface area contributed by atoms with Crippen LogP contribution >= 0.6 is 0 Å². The normalized spacial score (nSPS) is 22.3. The van der Waals surface area contributed by atoms with Gasteiger partial charge in [0.25, 0.3) is 0 Å². The number of hydrogen-bond donors (Lipinski definition) is 4. The van der Waals surface area contributed by atoms with Gasteiger partial charge >= 0.3 is 11.9 Å². The number of carboxylic acid groups (broad SMARTS) is 2. The first-order valence-electron chi connectivity index (χ1n) is 17.3. The Hall–Kier alpha value is -5.24. The molecule has 7 rings (SSSR count). The van der Waals surface area contributed by atoms with E-state index in [1.807, 2.05) is 72.8 Å². The molecule has 0 radical (unpaired) electrons. The van der Waals surface area contributed by atoms with Crippen LogP contribution in [-0.4, -0.2) is 34.0 Å². The highest BCUT2D eigenvalue weighted by atomic mass is 16.4. The van der Waals surface area contributed by atoms with Gasteiger partial charge in [-0.15, -0.1) is 0 Å². The van der Waals surface area contributed by atoms with Crippen LogP contribution in [0.5, 0.6) is 0 Å². The molecule has 4 atom stereocenters. The maximum atomic E-state index is 13.3. The minimum Gasteiger partial charge on any atom is -0.481 e. The van der Waals surface area contributed by atoms with Crippen LogP contribution in [0.3, 0.4) is 0 Å². The summed E-state index contributed by atoms with van der Waals surface area (Å²) in [4.78, 5) is 50.2. The molecule has 0 bridgehead atoms. The monoisotopic (exact) mass is 656 g/mol. The van der Waals surface area contributed by atoms with Crippen LogP contribution in [0.4, 0.5) is 11.4 Å². The van der Waals surface area contributed by atoms with Crippen LogP contribution in [0.15, 0.2) is 97.1 Å². The number of carbonyl (C=O) groups is 4. The molecular weight excluding hydrogens is 616 g/mol. The van der Waals surface area contributed by atoms with E-state index in [1.165, 1.54) is 0 Å². The largest absolute Gasteiger partial charge is 0.481 e. The first-order chi connectivity index (χ1) is 23.8. The molecule has 0 heterocycles. The van der Waals surface area contributed by atoms with Crippen LogP contribution in [0.2, 0.25) is 0 Å². The molecule has 0 unspecified atom stereocenters. The number of aliphatic carboxylic acids is 2. The van der Waals surface area contributed by atoms with Gasteiger partial charge in [0.1, 0.15) is 0 Å². The van der Waals surface area contributed by atoms with E-state index in [-0.39, 0.29) is 11.8 Å². The third kappa shape index (κ3) is 5.79. The molecule has 250 valence electrons. The average molecular weight is 657 g/mol. The van der Waals surface area contributed by atoms with Gasteiger partial charge in [-0.3, -0.25) is 19.2 Å². The molecule has 2 saturated carbocycles. The van der Waals surface area contributed by atoms with Crippen molar-refractivity contribution in [2.24, 2.45) is 23.7 Å². The lowest BCUT2D eigenvalue weighted by Gasteiger charge is -2.34. The van der Waals surface area contributed by atoms with Crippen LogP contribution in [0, 0.1) is 23.7 Å². The van der Waals surface area contributed by atoms with E-state index in [0.717, 1.165) is 59.1 Å². The standard InChI is InChI=1S/C41H40N2O6/c44-37(31-11-1-3-13-33(31)39(46)47)42-27-21-17-25(18-22-27)41(35-15-7-5-9-29(35)30-10-6-8-16-36(30)41)26-19-23-28(24-20-26)43-38(45)32-12-2-4-14-34(32)40(48)49/h5-10,15-24,31-34H,1-4,11-14H2,(H,42,44)(H,43,45)(H,46,47)(H,48,49)/t31-,32-,33-,34-/m0/s1. The van der Waals surface area contributed by atoms with Crippen LogP contribution in [-0.2, 0) is 24.6 Å². The highest BCUT2D eigenvalue weighted by molar-refractivity contribution is 5.96. The van der Waals surface area contributed by atoms with E-state index in [0.29, 0.717) is 37.1 Å². The van der Waals surface area contributed by atoms with E-state index >= 15 is 0 Å². The number of hydrogen-bond acceptors (Lipinski definition) is 4. The molecule has 2 amide bonds. The third-order valence-corrected chi connectivity index (χ3v) is 11.0. The van der Waals surface area contributed by atoms with E-state index in [9.17, 15) is 29.4 Å². The van der Waals surface area contributed by atoms with E-state index in [4.69, 9.17) is 0 Å². The minimum absolute atomic E-state index is 0.258. The smallest absolute Gasteiger partial charge is 0.307 e. The number of nitrogens with one attached hydrogen (secondary N) is 2. The van der Waals surface area contributed by atoms with Gasteiger partial charge in [-0.1, -0.05) is 98.5 Å². The Balaban J connectivity index is 1.23. The van der Waals surface area contributed by atoms with Crippen molar-refractivity contribution >= 4 is 35.1 Å². The molecule has 0 spiro atoms. The van der Waals surface area contributed by atoms with E-state index < -0.39 is 41.0 Å². The molecule has 3 aliphatic rings. The molecule has 0 aliphatic heterocycles. The molecule has 4 aromatic carbocycles. The van der Waals surface area contributed by atoms with Crippen molar-refractivity contribution in [2.45, 2.75) is 56.8 Å². The fourth-order valence-corrected chi connectivity index (χ4v) is 8.58. The van der Waals surface area contributed by atoms with Gasteiger partial charge in [0.15, 0.2) is 0 Å². The molecule has 49 heavy (non-hydrogen) atoms. The molecule has 3 aliphatic carbocycles. The van der Waals surface area contributed by atoms with Crippen molar-refractivity contribution in [3.05, 3.63) is 119 Å². The summed E-state index contributed by atoms with van der Waals surface area (Å²) < 4.78 is 0. The predicted molar refractivity (Wildman–Crippen MR) is 187 cm³/mol. The fraction of sp³-hybridized carbons (Fsp3) is 0.317. The Morgan fingerprint density at radius 3 is 1.20 bits per heavy atom. The van der Waals surface area contributed by atoms with Gasteiger partial charge in [-0.05, 0) is 83.3 Å². The summed E-state index contributed by atoms with van der Waals surface area (Å²) >= 11 is 0. The van der Waals surface area contributed by atoms with Gasteiger partial charge in [-0.25, -0.2) is 0 Å². The maximum Gasteiger partial charge on any atom is 0.307 e. The van der Waals surface area contributed by atoms with Crippen molar-refractivity contribution in [3.63, 3.8) is 0 Å². The minimum atomic E-state index is -0.917. The Morgan fingerprint density at radius 2 is 0.837 bits per heavy atom. The van der Waals surface area contributed by atoms with Gasteiger partial charge < -0.3 is 20.8 Å². The molecule has 8 nitrogen and oxygen atoms in total. The van der Waals surface area contributed by atoms with Crippen molar-refractivity contribution in [2.75, 3.05) is 10.6 Å². The van der Waals surface area contributed by atoms with Crippen molar-refractivity contribution in [1.82, 2.24) is 0 Å². The summed E-state index contributed by atoms with van der Waals surface area (Å²) in [7, 11) is 0. The molecule has 4 N–H and O–H groups in total. The van der Waals surface area contributed by atoms with E-state index in [2.05, 4.69) is 34.9 Å². The first-order valence-corrected chi connectivity index (χ1v) is 17.3. The summed E-state index contributed by atoms with van der Waals surface area (Å²) in [6, 6.07) is 32.3. The number of carbonyl (C=O) groups excluding carboxylic acids is 2. The summed E-state index contributed by atoms with van der Waals surface area (Å²) in [5.41, 5.74) is 6.99. The zero-order valence-corrected chi connectivity index (χ0v) is 27.2. The summed E-state index contributed by atoms with van der Waals surface area (Å²) in [5, 5.41) is 25.4. The maximum absolute atomic E-state index is 13.3. The highest BCUT2D eigenvalue weighted by Gasteiger charge is 2.46. The lowest BCUT2D eigenvalue weighted by atomic mass is 9.67. The SMILES string of the molecule is O=C(O)[C@H]1CCCC[C@@H]1C(=O)Nc1ccc(C2(c3ccc(NC(=O)[C@H]4CCCC[C@@H]4C(=O)O)cc3)c3ccccc3-c3ccccc32)cc1. The Kier molecular flexibility index (Phi) is 8.80. The quantitative estimate of drug-likeness (QED) is 0.135. The first kappa shape index (κ1) is 32.3. The number of carboxylic acids is 2. The molecule has 4 aromatic rings. The van der Waals surface area contributed by atoms with Crippen molar-refractivity contribution < 1.29 is 29.4 Å². The van der Waals surface area contributed by atoms with Crippen molar-refractivity contribution in [3.8, 4) is 11.1 Å². The Bertz CT molecular complexity index is 1760. The zero-order chi connectivity index (χ0) is 34.1. The molecule has 0 aromatic heterocycles. The number of benzene rings is 4. The second-order valence-corrected chi connectivity index (χ2v) is 13.6. The number of amides is 2.